The Morgan fingerprint density at radius 2 is 1.92 bits per heavy atom. The van der Waals surface area contributed by atoms with Gasteiger partial charge in [0.2, 0.25) is 5.91 Å². The van der Waals surface area contributed by atoms with Gasteiger partial charge in [0.25, 0.3) is 0 Å². The predicted molar refractivity (Wildman–Crippen MR) is 103 cm³/mol. The molecule has 2 aliphatic rings. The van der Waals surface area contributed by atoms with E-state index in [4.69, 9.17) is 15.2 Å². The minimum Gasteiger partial charge on any atom is -0.381 e. The van der Waals surface area contributed by atoms with Crippen LogP contribution in [0.4, 0.5) is 5.13 Å². The van der Waals surface area contributed by atoms with Gasteiger partial charge in [-0.25, -0.2) is 4.98 Å². The quantitative estimate of drug-likeness (QED) is 0.761. The fourth-order valence-electron chi connectivity index (χ4n) is 2.90. The average molecular weight is 413 g/mol. The number of amides is 1. The standard InChI is InChI=1S/C15H24N4O3S.2ClH/c16-13(11-1-5-21-6-2-11)14(20)18-15-17-12(10-23-15)9-19-3-7-22-8-4-19;;/h10-11,13H,1-9,16H2,(H,17,18,20);2*1H. The molecule has 1 aromatic rings. The number of anilines is 1. The first-order chi connectivity index (χ1) is 11.2. The molecule has 1 aromatic heterocycles. The fourth-order valence-corrected chi connectivity index (χ4v) is 3.61. The molecule has 10 heteroatoms. The topological polar surface area (TPSA) is 89.7 Å². The Hall–Kier alpha value is -0.480. The van der Waals surface area contributed by atoms with Gasteiger partial charge in [-0.15, -0.1) is 36.2 Å². The van der Waals surface area contributed by atoms with Crippen molar-refractivity contribution in [2.75, 3.05) is 44.8 Å². The Balaban J connectivity index is 0.00000156. The molecule has 1 amide bonds. The zero-order valence-electron chi connectivity index (χ0n) is 14.0. The van der Waals surface area contributed by atoms with Crippen LogP contribution in [0.3, 0.4) is 0 Å². The molecule has 144 valence electrons. The Bertz CT molecular complexity index is 523. The highest BCUT2D eigenvalue weighted by molar-refractivity contribution is 7.13. The van der Waals surface area contributed by atoms with Gasteiger partial charge in [-0.05, 0) is 18.8 Å². The number of carbonyl (C=O) groups excluding carboxylic acids is 1. The summed E-state index contributed by atoms with van der Waals surface area (Å²) in [6, 6.07) is -0.495. The summed E-state index contributed by atoms with van der Waals surface area (Å²) >= 11 is 1.45. The lowest BCUT2D eigenvalue weighted by molar-refractivity contribution is -0.119. The van der Waals surface area contributed by atoms with Crippen molar-refractivity contribution in [3.63, 3.8) is 0 Å². The summed E-state index contributed by atoms with van der Waals surface area (Å²) in [4.78, 5) is 19.1. The number of ether oxygens (including phenoxy) is 2. The maximum Gasteiger partial charge on any atom is 0.243 e. The number of rotatable bonds is 5. The number of nitrogens with two attached hydrogens (primary N) is 1. The lowest BCUT2D eigenvalue weighted by Crippen LogP contribution is -2.44. The second-order valence-electron chi connectivity index (χ2n) is 6.00. The molecular formula is C15H26Cl2N4O3S. The molecule has 0 aromatic carbocycles. The van der Waals surface area contributed by atoms with Crippen molar-refractivity contribution in [3.05, 3.63) is 11.1 Å². The number of hydrogen-bond donors (Lipinski definition) is 2. The van der Waals surface area contributed by atoms with E-state index in [1.165, 1.54) is 11.3 Å². The summed E-state index contributed by atoms with van der Waals surface area (Å²) in [6.45, 7) is 5.56. The molecule has 3 heterocycles. The van der Waals surface area contributed by atoms with Crippen LogP contribution in [0.25, 0.3) is 0 Å². The maximum atomic E-state index is 12.3. The van der Waals surface area contributed by atoms with Crippen LogP contribution in [0, 0.1) is 5.92 Å². The van der Waals surface area contributed by atoms with Gasteiger partial charge in [-0.2, -0.15) is 0 Å². The Morgan fingerprint density at radius 3 is 2.60 bits per heavy atom. The summed E-state index contributed by atoms with van der Waals surface area (Å²) in [5.74, 6) is 0.0423. The van der Waals surface area contributed by atoms with Gasteiger partial charge in [0, 0.05) is 38.2 Å². The van der Waals surface area contributed by atoms with Crippen LogP contribution in [-0.4, -0.2) is 61.3 Å². The van der Waals surface area contributed by atoms with E-state index < -0.39 is 6.04 Å². The normalized spacial score (nSPS) is 20.2. The third-order valence-electron chi connectivity index (χ3n) is 4.35. The summed E-state index contributed by atoms with van der Waals surface area (Å²) in [5, 5.41) is 5.47. The molecule has 2 aliphatic heterocycles. The third-order valence-corrected chi connectivity index (χ3v) is 5.15. The zero-order valence-corrected chi connectivity index (χ0v) is 16.5. The van der Waals surface area contributed by atoms with Crippen molar-refractivity contribution in [1.29, 1.82) is 0 Å². The lowest BCUT2D eigenvalue weighted by atomic mass is 9.92. The molecule has 0 bridgehead atoms. The number of thiazole rings is 1. The van der Waals surface area contributed by atoms with E-state index >= 15 is 0 Å². The first-order valence-electron chi connectivity index (χ1n) is 8.11. The SMILES string of the molecule is Cl.Cl.NC(C(=O)Nc1nc(CN2CCOCC2)cs1)C1CCOCC1. The van der Waals surface area contributed by atoms with E-state index in [0.717, 1.165) is 51.4 Å². The molecule has 3 N–H and O–H groups in total. The molecule has 2 fully saturated rings. The molecule has 0 spiro atoms. The number of carbonyl (C=O) groups is 1. The first-order valence-corrected chi connectivity index (χ1v) is 8.99. The maximum absolute atomic E-state index is 12.3. The minimum atomic E-state index is -0.495. The van der Waals surface area contributed by atoms with Crippen LogP contribution in [0.5, 0.6) is 0 Å². The minimum absolute atomic E-state index is 0. The largest absolute Gasteiger partial charge is 0.381 e. The third kappa shape index (κ3) is 6.63. The van der Waals surface area contributed by atoms with Crippen molar-refractivity contribution >= 4 is 47.2 Å². The van der Waals surface area contributed by atoms with E-state index in [9.17, 15) is 4.79 Å². The molecule has 0 radical (unpaired) electrons. The average Bonchev–Trinajstić information content (AvgIpc) is 3.02. The summed E-state index contributed by atoms with van der Waals surface area (Å²) in [6.07, 6.45) is 1.68. The molecule has 0 aliphatic carbocycles. The van der Waals surface area contributed by atoms with Gasteiger partial charge < -0.3 is 20.5 Å². The summed E-state index contributed by atoms with van der Waals surface area (Å²) in [5.41, 5.74) is 7.06. The summed E-state index contributed by atoms with van der Waals surface area (Å²) in [7, 11) is 0. The highest BCUT2D eigenvalue weighted by Crippen LogP contribution is 2.21. The number of nitrogens with one attached hydrogen (secondary N) is 1. The second kappa shape index (κ2) is 11.3. The van der Waals surface area contributed by atoms with Crippen molar-refractivity contribution in [1.82, 2.24) is 9.88 Å². The molecule has 2 saturated heterocycles. The molecule has 25 heavy (non-hydrogen) atoms. The first kappa shape index (κ1) is 22.6. The Kier molecular flexibility index (Phi) is 10.2. The monoisotopic (exact) mass is 412 g/mol. The molecule has 3 rings (SSSR count). The van der Waals surface area contributed by atoms with Crippen LogP contribution < -0.4 is 11.1 Å². The molecular weight excluding hydrogens is 387 g/mol. The van der Waals surface area contributed by atoms with Gasteiger partial charge in [0.1, 0.15) is 0 Å². The van der Waals surface area contributed by atoms with E-state index in [-0.39, 0.29) is 36.6 Å². The van der Waals surface area contributed by atoms with Crippen LogP contribution in [-0.2, 0) is 20.8 Å². The smallest absolute Gasteiger partial charge is 0.243 e. The van der Waals surface area contributed by atoms with Gasteiger partial charge in [0.15, 0.2) is 5.13 Å². The van der Waals surface area contributed by atoms with Crippen LogP contribution >= 0.6 is 36.2 Å². The van der Waals surface area contributed by atoms with E-state index in [1.54, 1.807) is 0 Å². The molecule has 7 nitrogen and oxygen atoms in total. The Labute approximate surface area is 164 Å². The van der Waals surface area contributed by atoms with E-state index in [2.05, 4.69) is 15.2 Å². The highest BCUT2D eigenvalue weighted by Gasteiger charge is 2.27. The van der Waals surface area contributed by atoms with Gasteiger partial charge >= 0.3 is 0 Å². The van der Waals surface area contributed by atoms with E-state index in [0.29, 0.717) is 18.3 Å². The van der Waals surface area contributed by atoms with Crippen molar-refractivity contribution in [3.8, 4) is 0 Å². The summed E-state index contributed by atoms with van der Waals surface area (Å²) < 4.78 is 10.7. The zero-order chi connectivity index (χ0) is 16.1. The number of aromatic nitrogens is 1. The lowest BCUT2D eigenvalue weighted by Gasteiger charge is -2.26. The van der Waals surface area contributed by atoms with Gasteiger partial charge in [0.05, 0.1) is 24.9 Å². The van der Waals surface area contributed by atoms with E-state index in [1.807, 2.05) is 5.38 Å². The Morgan fingerprint density at radius 1 is 1.28 bits per heavy atom. The number of halogens is 2. The van der Waals surface area contributed by atoms with Crippen molar-refractivity contribution in [2.24, 2.45) is 11.7 Å². The van der Waals surface area contributed by atoms with Crippen LogP contribution in [0.2, 0.25) is 0 Å². The van der Waals surface area contributed by atoms with Crippen molar-refractivity contribution < 1.29 is 14.3 Å². The second-order valence-corrected chi connectivity index (χ2v) is 6.86. The fraction of sp³-hybridized carbons (Fsp3) is 0.733. The number of nitrogens with zero attached hydrogens (tertiary/aromatic N) is 2. The number of hydrogen-bond acceptors (Lipinski definition) is 7. The predicted octanol–water partition coefficient (Wildman–Crippen LogP) is 1.51. The van der Waals surface area contributed by atoms with Crippen LogP contribution in [0.15, 0.2) is 5.38 Å². The number of morpholine rings is 1. The van der Waals surface area contributed by atoms with Gasteiger partial charge in [-0.3, -0.25) is 9.69 Å². The van der Waals surface area contributed by atoms with Gasteiger partial charge in [-0.1, -0.05) is 0 Å². The van der Waals surface area contributed by atoms with Crippen LogP contribution in [0.1, 0.15) is 18.5 Å². The molecule has 1 atom stereocenters. The molecule has 1 unspecified atom stereocenters. The highest BCUT2D eigenvalue weighted by atomic mass is 35.5. The molecule has 0 saturated carbocycles. The van der Waals surface area contributed by atoms with Crippen molar-refractivity contribution in [2.45, 2.75) is 25.4 Å².